The number of aromatic hydroxyl groups is 1. The fourth-order valence-electron chi connectivity index (χ4n) is 1.26. The van der Waals surface area contributed by atoms with Gasteiger partial charge in [-0.2, -0.15) is 4.57 Å². The molecule has 14 heavy (non-hydrogen) atoms. The molecule has 0 fully saturated rings. The predicted octanol–water partition coefficient (Wildman–Crippen LogP) is -0.427. The van der Waals surface area contributed by atoms with Gasteiger partial charge in [0.25, 0.3) is 5.43 Å². The number of pyridine rings is 1. The van der Waals surface area contributed by atoms with Crippen LogP contribution in [0.3, 0.4) is 0 Å². The summed E-state index contributed by atoms with van der Waals surface area (Å²) >= 11 is 0. The standard InChI is InChI=1S/C10H7NO3/c1-6-2-4-11(5-3-6)7-8(12)10(14)9(7)13/h2-5H,1H3/p+1. The van der Waals surface area contributed by atoms with Gasteiger partial charge in [0, 0.05) is 12.1 Å². The normalized spacial score (nSPS) is 10.6. The molecule has 1 aromatic heterocycles. The molecule has 0 bridgehead atoms. The molecule has 0 aliphatic heterocycles. The molecule has 0 unspecified atom stereocenters. The van der Waals surface area contributed by atoms with Gasteiger partial charge in [0.1, 0.15) is 0 Å². The van der Waals surface area contributed by atoms with E-state index >= 15 is 0 Å². The van der Waals surface area contributed by atoms with E-state index in [2.05, 4.69) is 0 Å². The molecule has 0 spiro atoms. The highest BCUT2D eigenvalue weighted by Crippen LogP contribution is 2.06. The summed E-state index contributed by atoms with van der Waals surface area (Å²) in [6.07, 6.45) is 3.26. The second kappa shape index (κ2) is 2.77. The van der Waals surface area contributed by atoms with E-state index in [-0.39, 0.29) is 5.69 Å². The Bertz CT molecular complexity index is 547. The van der Waals surface area contributed by atoms with Crippen LogP contribution in [0.4, 0.5) is 0 Å². The van der Waals surface area contributed by atoms with Crippen LogP contribution in [0, 0.1) is 6.92 Å². The molecule has 1 N–H and O–H groups in total. The van der Waals surface area contributed by atoms with Gasteiger partial charge in [0.05, 0.1) is 0 Å². The molecule has 70 valence electrons. The minimum atomic E-state index is -0.812. The van der Waals surface area contributed by atoms with E-state index in [1.54, 1.807) is 24.5 Å². The van der Waals surface area contributed by atoms with Crippen molar-refractivity contribution in [1.29, 1.82) is 0 Å². The lowest BCUT2D eigenvalue weighted by Gasteiger charge is -1.98. The van der Waals surface area contributed by atoms with E-state index in [4.69, 9.17) is 5.11 Å². The van der Waals surface area contributed by atoms with Crippen molar-refractivity contribution in [2.45, 2.75) is 6.92 Å². The zero-order valence-corrected chi connectivity index (χ0v) is 7.52. The first-order valence-electron chi connectivity index (χ1n) is 4.12. The molecule has 4 nitrogen and oxygen atoms in total. The molecule has 1 aromatic carbocycles. The van der Waals surface area contributed by atoms with Crippen molar-refractivity contribution in [2.24, 2.45) is 0 Å². The summed E-state index contributed by atoms with van der Waals surface area (Å²) in [5.74, 6) is -0.455. The number of aromatic nitrogens is 1. The average molecular weight is 190 g/mol. The summed E-state index contributed by atoms with van der Waals surface area (Å²) < 4.78 is 1.44. The van der Waals surface area contributed by atoms with Crippen LogP contribution >= 0.6 is 0 Å². The van der Waals surface area contributed by atoms with Gasteiger partial charge in [0.2, 0.25) is 5.75 Å². The van der Waals surface area contributed by atoms with Crippen LogP contribution in [-0.2, 0) is 0 Å². The lowest BCUT2D eigenvalue weighted by molar-refractivity contribution is -0.598. The van der Waals surface area contributed by atoms with E-state index in [0.717, 1.165) is 5.56 Å². The van der Waals surface area contributed by atoms with Gasteiger partial charge >= 0.3 is 11.1 Å². The summed E-state index contributed by atoms with van der Waals surface area (Å²) in [5, 5.41) is 9.16. The first-order chi connectivity index (χ1) is 6.61. The maximum absolute atomic E-state index is 11.1. The van der Waals surface area contributed by atoms with Gasteiger partial charge in [-0.25, -0.2) is 0 Å². The highest BCUT2D eigenvalue weighted by molar-refractivity contribution is 5.44. The van der Waals surface area contributed by atoms with E-state index in [1.165, 1.54) is 4.57 Å². The minimum absolute atomic E-state index is 0.0509. The number of nitrogens with zero attached hydrogens (tertiary/aromatic N) is 1. The third kappa shape index (κ3) is 1.04. The van der Waals surface area contributed by atoms with E-state index in [9.17, 15) is 9.59 Å². The lowest BCUT2D eigenvalue weighted by Crippen LogP contribution is -2.46. The molecule has 0 atom stereocenters. The molecule has 4 heteroatoms. The van der Waals surface area contributed by atoms with Crippen molar-refractivity contribution >= 4 is 0 Å². The summed E-state index contributed by atoms with van der Waals surface area (Å²) in [4.78, 5) is 21.8. The van der Waals surface area contributed by atoms with Crippen LogP contribution < -0.4 is 15.4 Å². The molecule has 1 heterocycles. The average Bonchev–Trinajstić information content (AvgIpc) is 2.21. The van der Waals surface area contributed by atoms with Crippen molar-refractivity contribution in [3.8, 4) is 11.4 Å². The van der Waals surface area contributed by atoms with Crippen LogP contribution in [0.15, 0.2) is 34.1 Å². The predicted molar refractivity (Wildman–Crippen MR) is 49.3 cm³/mol. The molecule has 0 aliphatic carbocycles. The van der Waals surface area contributed by atoms with Gasteiger partial charge in [-0.1, -0.05) is 0 Å². The Morgan fingerprint density at radius 1 is 1.14 bits per heavy atom. The molecule has 2 aromatic rings. The van der Waals surface area contributed by atoms with Gasteiger partial charge in [-0.3, -0.25) is 9.59 Å². The maximum atomic E-state index is 11.1. The smallest absolute Gasteiger partial charge is 0.309 e. The van der Waals surface area contributed by atoms with Crippen LogP contribution in [0.2, 0.25) is 0 Å². The number of hydrogen-bond donors (Lipinski definition) is 1. The Morgan fingerprint density at radius 2 is 1.71 bits per heavy atom. The number of aryl methyl sites for hydroxylation is 1. The Labute approximate surface area is 79.4 Å². The van der Waals surface area contributed by atoms with Gasteiger partial charge in [-0.15, -0.1) is 0 Å². The topological polar surface area (TPSA) is 58.2 Å². The summed E-state index contributed by atoms with van der Waals surface area (Å²) in [6, 6.07) is 3.58. The van der Waals surface area contributed by atoms with E-state index in [0.29, 0.717) is 0 Å². The fraction of sp³-hybridized carbons (Fsp3) is 0.100. The third-order valence-corrected chi connectivity index (χ3v) is 2.11. The monoisotopic (exact) mass is 190 g/mol. The highest BCUT2D eigenvalue weighted by atomic mass is 16.3. The zero-order chi connectivity index (χ0) is 10.3. The third-order valence-electron chi connectivity index (χ3n) is 2.11. The molecule has 2 rings (SSSR count). The van der Waals surface area contributed by atoms with Crippen molar-refractivity contribution in [2.75, 3.05) is 0 Å². The van der Waals surface area contributed by atoms with Crippen LogP contribution in [0.25, 0.3) is 5.69 Å². The maximum Gasteiger partial charge on any atom is 0.309 e. The minimum Gasteiger partial charge on any atom is -0.499 e. The molecule has 0 saturated heterocycles. The van der Waals surface area contributed by atoms with Crippen LogP contribution in [-0.4, -0.2) is 5.11 Å². The molecular weight excluding hydrogens is 182 g/mol. The Hall–Kier alpha value is -1.97. The fourth-order valence-corrected chi connectivity index (χ4v) is 1.26. The quantitative estimate of drug-likeness (QED) is 0.490. The second-order valence-electron chi connectivity index (χ2n) is 3.14. The summed E-state index contributed by atoms with van der Waals surface area (Å²) in [7, 11) is 0. The molecule has 0 amide bonds. The molecular formula is C10H8NO3+. The second-order valence-corrected chi connectivity index (χ2v) is 3.14. The van der Waals surface area contributed by atoms with Crippen molar-refractivity contribution < 1.29 is 9.67 Å². The van der Waals surface area contributed by atoms with Crippen LogP contribution in [0.1, 0.15) is 5.56 Å². The van der Waals surface area contributed by atoms with E-state index in [1.807, 2.05) is 6.92 Å². The lowest BCUT2D eigenvalue weighted by atomic mass is 10.2. The number of rotatable bonds is 1. The first kappa shape index (κ1) is 8.62. The van der Waals surface area contributed by atoms with Crippen molar-refractivity contribution in [3.05, 3.63) is 50.5 Å². The zero-order valence-electron chi connectivity index (χ0n) is 7.52. The Morgan fingerprint density at radius 3 is 2.21 bits per heavy atom. The number of hydrogen-bond acceptors (Lipinski definition) is 3. The molecule has 0 saturated carbocycles. The molecule has 0 radical (unpaired) electrons. The Kier molecular flexibility index (Phi) is 1.70. The SMILES string of the molecule is Cc1cc[n+](-c2c(O)c(=O)c2=O)cc1. The molecule has 0 aliphatic rings. The van der Waals surface area contributed by atoms with Gasteiger partial charge < -0.3 is 5.11 Å². The van der Waals surface area contributed by atoms with Gasteiger partial charge in [-0.05, 0) is 12.5 Å². The van der Waals surface area contributed by atoms with E-state index < -0.39 is 16.6 Å². The Balaban J connectivity index is 2.58. The highest BCUT2D eigenvalue weighted by Gasteiger charge is 2.28. The summed E-state index contributed by atoms with van der Waals surface area (Å²) in [5.41, 5.74) is -0.362. The summed E-state index contributed by atoms with van der Waals surface area (Å²) in [6.45, 7) is 1.91. The first-order valence-corrected chi connectivity index (χ1v) is 4.12. The largest absolute Gasteiger partial charge is 0.499 e. The van der Waals surface area contributed by atoms with Crippen LogP contribution in [0.5, 0.6) is 5.75 Å². The van der Waals surface area contributed by atoms with Crippen molar-refractivity contribution in [3.63, 3.8) is 0 Å². The van der Waals surface area contributed by atoms with Crippen molar-refractivity contribution in [1.82, 2.24) is 0 Å². The van der Waals surface area contributed by atoms with Gasteiger partial charge in [0.15, 0.2) is 12.4 Å².